The molecule has 3 rings (SSSR count). The molecule has 3 aliphatic rings. The number of alkyl halides is 1. The lowest BCUT2D eigenvalue weighted by Gasteiger charge is -2.51. The number of carbonyl (C=O) groups excluding carboxylic acids is 1. The highest BCUT2D eigenvalue weighted by Crippen LogP contribution is 2.55. The Morgan fingerprint density at radius 2 is 2.28 bits per heavy atom. The number of Topliss-reactive ketones (excluding diaryl/α,β-unsaturated/α-hetero) is 1. The maximum Gasteiger partial charge on any atom is 0.149 e. The Morgan fingerprint density at radius 3 is 2.83 bits per heavy atom. The first-order valence-corrected chi connectivity index (χ1v) is 7.59. The molecule has 2 bridgehead atoms. The molecule has 18 heavy (non-hydrogen) atoms. The predicted molar refractivity (Wildman–Crippen MR) is 79.8 cm³/mol. The number of halogens is 1. The van der Waals surface area contributed by atoms with Crippen LogP contribution >= 0.6 is 15.9 Å². The molecule has 0 aromatic rings. The number of carbonyl (C=O) groups is 1. The van der Waals surface area contributed by atoms with E-state index in [0.717, 1.165) is 18.2 Å². The van der Waals surface area contributed by atoms with Gasteiger partial charge < -0.3 is 0 Å². The third kappa shape index (κ3) is 1.95. The van der Waals surface area contributed by atoms with E-state index in [1.54, 1.807) is 0 Å². The maximum atomic E-state index is 12.7. The fourth-order valence-electron chi connectivity index (χ4n) is 3.36. The van der Waals surface area contributed by atoms with Crippen LogP contribution in [-0.4, -0.2) is 11.1 Å². The summed E-state index contributed by atoms with van der Waals surface area (Å²) in [4.78, 5) is 12.7. The zero-order valence-electron chi connectivity index (χ0n) is 11.4. The summed E-state index contributed by atoms with van der Waals surface area (Å²) in [5, 5.41) is 0.871. The molecule has 0 N–H and O–H groups in total. The molecule has 0 unspecified atom stereocenters. The van der Waals surface area contributed by atoms with Gasteiger partial charge in [0.1, 0.15) is 5.78 Å². The van der Waals surface area contributed by atoms with Crippen molar-refractivity contribution < 1.29 is 4.79 Å². The van der Waals surface area contributed by atoms with Crippen LogP contribution in [0, 0.1) is 16.7 Å². The number of hydrogen-bond acceptors (Lipinski definition) is 1. The van der Waals surface area contributed by atoms with Crippen LogP contribution in [0.2, 0.25) is 0 Å². The smallest absolute Gasteiger partial charge is 0.149 e. The lowest BCUT2D eigenvalue weighted by atomic mass is 9.51. The molecule has 3 atom stereocenters. The lowest BCUT2D eigenvalue weighted by molar-refractivity contribution is -0.140. The fraction of sp³-hybridized carbons (Fsp3) is 0.562. The Morgan fingerprint density at radius 1 is 1.61 bits per heavy atom. The Labute approximate surface area is 118 Å². The van der Waals surface area contributed by atoms with E-state index in [4.69, 9.17) is 0 Å². The SMILES string of the molecule is C=C1C[C@@]2(C)C=C[C@@H]1[C@](C)(C/C=C(\C)CBr)C2=O. The van der Waals surface area contributed by atoms with Crippen molar-refractivity contribution >= 4 is 21.7 Å². The number of ketones is 1. The van der Waals surface area contributed by atoms with E-state index in [1.807, 2.05) is 6.92 Å². The highest BCUT2D eigenvalue weighted by Gasteiger charge is 2.55. The number of fused-ring (bicyclic) bond motifs is 2. The van der Waals surface area contributed by atoms with Gasteiger partial charge in [0.2, 0.25) is 0 Å². The van der Waals surface area contributed by atoms with E-state index in [1.165, 1.54) is 11.1 Å². The van der Waals surface area contributed by atoms with E-state index >= 15 is 0 Å². The van der Waals surface area contributed by atoms with Crippen molar-refractivity contribution in [2.75, 3.05) is 5.33 Å². The summed E-state index contributed by atoms with van der Waals surface area (Å²) in [6, 6.07) is 0. The van der Waals surface area contributed by atoms with Gasteiger partial charge >= 0.3 is 0 Å². The van der Waals surface area contributed by atoms with Crippen molar-refractivity contribution in [2.45, 2.75) is 33.6 Å². The molecule has 1 fully saturated rings. The van der Waals surface area contributed by atoms with Crippen molar-refractivity contribution in [3.8, 4) is 0 Å². The van der Waals surface area contributed by atoms with Crippen LogP contribution in [0.4, 0.5) is 0 Å². The molecular formula is C16H21BrO. The van der Waals surface area contributed by atoms with Crippen LogP contribution in [-0.2, 0) is 4.79 Å². The van der Waals surface area contributed by atoms with Crippen molar-refractivity contribution in [1.82, 2.24) is 0 Å². The van der Waals surface area contributed by atoms with Gasteiger partial charge in [0.15, 0.2) is 0 Å². The molecule has 1 nitrogen and oxygen atoms in total. The van der Waals surface area contributed by atoms with Gasteiger partial charge in [-0.1, -0.05) is 58.8 Å². The largest absolute Gasteiger partial charge is 0.298 e. The van der Waals surface area contributed by atoms with E-state index < -0.39 is 0 Å². The molecule has 0 spiro atoms. The zero-order chi connectivity index (χ0) is 13.6. The predicted octanol–water partition coefficient (Wildman–Crippen LogP) is 4.45. The highest BCUT2D eigenvalue weighted by atomic mass is 79.9. The topological polar surface area (TPSA) is 17.1 Å². The molecule has 0 aromatic heterocycles. The van der Waals surface area contributed by atoms with Crippen molar-refractivity contribution in [3.63, 3.8) is 0 Å². The minimum atomic E-state index is -0.323. The van der Waals surface area contributed by atoms with Gasteiger partial charge in [-0.3, -0.25) is 4.79 Å². The second kappa shape index (κ2) is 4.48. The summed E-state index contributed by atoms with van der Waals surface area (Å²) in [7, 11) is 0. The molecular weight excluding hydrogens is 288 g/mol. The molecule has 0 radical (unpaired) electrons. The number of rotatable bonds is 3. The second-order valence-electron chi connectivity index (χ2n) is 6.22. The third-order valence-corrected chi connectivity index (χ3v) is 5.38. The van der Waals surface area contributed by atoms with Gasteiger partial charge in [-0.2, -0.15) is 0 Å². The summed E-state index contributed by atoms with van der Waals surface area (Å²) in [5.74, 6) is 0.597. The monoisotopic (exact) mass is 308 g/mol. The third-order valence-electron chi connectivity index (χ3n) is 4.50. The number of allylic oxidation sites excluding steroid dienone is 5. The van der Waals surface area contributed by atoms with Crippen molar-refractivity contribution in [3.05, 3.63) is 36.0 Å². The quantitative estimate of drug-likeness (QED) is 0.556. The molecule has 2 heteroatoms. The van der Waals surface area contributed by atoms with Gasteiger partial charge in [0.25, 0.3) is 0 Å². The summed E-state index contributed by atoms with van der Waals surface area (Å²) >= 11 is 3.45. The molecule has 0 heterocycles. The second-order valence-corrected chi connectivity index (χ2v) is 6.78. The first kappa shape index (κ1) is 13.8. The van der Waals surface area contributed by atoms with Gasteiger partial charge in [0.05, 0.1) is 0 Å². The Balaban J connectivity index is 2.36. The summed E-state index contributed by atoms with van der Waals surface area (Å²) in [6.07, 6.45) is 8.12. The van der Waals surface area contributed by atoms with Crippen LogP contribution in [0.3, 0.4) is 0 Å². The summed E-state index contributed by atoms with van der Waals surface area (Å²) < 4.78 is 0. The Kier molecular flexibility index (Phi) is 3.44. The molecule has 0 saturated heterocycles. The fourth-order valence-corrected chi connectivity index (χ4v) is 3.59. The van der Waals surface area contributed by atoms with Crippen LogP contribution in [0.1, 0.15) is 33.6 Å². The minimum absolute atomic E-state index is 0.214. The average Bonchev–Trinajstić information content (AvgIpc) is 2.33. The highest BCUT2D eigenvalue weighted by molar-refractivity contribution is 9.09. The van der Waals surface area contributed by atoms with E-state index in [-0.39, 0.29) is 16.7 Å². The molecule has 0 aliphatic heterocycles. The van der Waals surface area contributed by atoms with Crippen LogP contribution in [0.5, 0.6) is 0 Å². The van der Waals surface area contributed by atoms with Crippen LogP contribution < -0.4 is 0 Å². The Hall–Kier alpha value is -0.630. The summed E-state index contributed by atoms with van der Waals surface area (Å²) in [5.41, 5.74) is 1.87. The molecule has 1 saturated carbocycles. The average molecular weight is 309 g/mol. The molecule has 98 valence electrons. The maximum absolute atomic E-state index is 12.7. The normalized spacial score (nSPS) is 39.6. The molecule has 0 aromatic carbocycles. The van der Waals surface area contributed by atoms with Gasteiger partial charge in [-0.15, -0.1) is 0 Å². The van der Waals surface area contributed by atoms with E-state index in [0.29, 0.717) is 5.78 Å². The van der Waals surface area contributed by atoms with E-state index in [9.17, 15) is 4.79 Å². The molecule has 0 amide bonds. The van der Waals surface area contributed by atoms with Gasteiger partial charge in [-0.05, 0) is 26.7 Å². The Bertz CT molecular complexity index is 460. The zero-order valence-corrected chi connectivity index (χ0v) is 13.0. The van der Waals surface area contributed by atoms with E-state index in [2.05, 4.69) is 54.6 Å². The standard InChI is InChI=1S/C16H21BrO/c1-11(10-17)5-8-16(4)13-6-7-15(3,14(16)18)9-12(13)2/h5-7,13H,2,8-10H2,1,3-4H3/b11-5+/t13-,15+,16-/m0/s1. The van der Waals surface area contributed by atoms with Crippen LogP contribution in [0.15, 0.2) is 36.0 Å². The van der Waals surface area contributed by atoms with Crippen molar-refractivity contribution in [1.29, 1.82) is 0 Å². The van der Waals surface area contributed by atoms with Gasteiger partial charge in [0, 0.05) is 22.1 Å². The van der Waals surface area contributed by atoms with Crippen molar-refractivity contribution in [2.24, 2.45) is 16.7 Å². The lowest BCUT2D eigenvalue weighted by Crippen LogP contribution is -2.51. The van der Waals surface area contributed by atoms with Crippen LogP contribution in [0.25, 0.3) is 0 Å². The first-order chi connectivity index (χ1) is 8.33. The van der Waals surface area contributed by atoms with Gasteiger partial charge in [-0.25, -0.2) is 0 Å². The first-order valence-electron chi connectivity index (χ1n) is 6.47. The summed E-state index contributed by atoms with van der Waals surface area (Å²) in [6.45, 7) is 10.4. The minimum Gasteiger partial charge on any atom is -0.298 e. The number of hydrogen-bond donors (Lipinski definition) is 0. The molecule has 3 aliphatic carbocycles.